The van der Waals surface area contributed by atoms with E-state index in [1.807, 2.05) is 0 Å². The van der Waals surface area contributed by atoms with Crippen molar-refractivity contribution in [2.75, 3.05) is 19.6 Å². The maximum absolute atomic E-state index is 12.4. The Balaban J connectivity index is 1.40. The van der Waals surface area contributed by atoms with Crippen LogP contribution in [0.5, 0.6) is 11.7 Å². The third kappa shape index (κ3) is 3.28. The Morgan fingerprint density at radius 3 is 2.79 bits per heavy atom. The van der Waals surface area contributed by atoms with Crippen molar-refractivity contribution in [1.29, 1.82) is 0 Å². The lowest BCUT2D eigenvalue weighted by Crippen LogP contribution is -2.57. The molecule has 1 atom stereocenters. The van der Waals surface area contributed by atoms with Crippen molar-refractivity contribution in [3.05, 3.63) is 47.2 Å². The molecule has 1 aromatic heterocycles. The highest BCUT2D eigenvalue weighted by atomic mass is 35.5. The normalized spacial score (nSPS) is 25.5. The van der Waals surface area contributed by atoms with Gasteiger partial charge >= 0.3 is 0 Å². The van der Waals surface area contributed by atoms with Gasteiger partial charge in [0.15, 0.2) is 5.76 Å². The van der Waals surface area contributed by atoms with Gasteiger partial charge in [-0.1, -0.05) is 17.7 Å². The van der Waals surface area contributed by atoms with Gasteiger partial charge in [0.25, 0.3) is 11.9 Å². The largest absolute Gasteiger partial charge is 0.426 e. The van der Waals surface area contributed by atoms with E-state index >= 15 is 0 Å². The quantitative estimate of drug-likeness (QED) is 0.919. The first-order valence-corrected chi connectivity index (χ1v) is 8.62. The van der Waals surface area contributed by atoms with Crippen molar-refractivity contribution in [2.24, 2.45) is 5.92 Å². The molecule has 2 aromatic rings. The van der Waals surface area contributed by atoms with Crippen molar-refractivity contribution in [3.8, 4) is 11.7 Å². The fourth-order valence-corrected chi connectivity index (χ4v) is 3.69. The minimum Gasteiger partial charge on any atom is -0.426 e. The number of nitrogens with one attached hydrogen (secondary N) is 1. The molecule has 5 nitrogen and oxygen atoms in total. The van der Waals surface area contributed by atoms with Gasteiger partial charge in [-0.2, -0.15) is 0 Å². The molecule has 4 heterocycles. The Bertz CT molecular complexity index is 737. The Morgan fingerprint density at radius 1 is 1.25 bits per heavy atom. The summed E-state index contributed by atoms with van der Waals surface area (Å²) in [4.78, 5) is 14.8. The molecule has 3 aliphatic heterocycles. The highest BCUT2D eigenvalue weighted by molar-refractivity contribution is 6.30. The molecule has 3 saturated heterocycles. The standard InChI is InChI=1S/C18H19ClN2O3/c19-13-2-1-3-14(10-13)23-17-5-4-16(24-17)18(22)20-15-11-21-8-6-12(15)7-9-21/h1-5,10,12,15H,6-9,11H2,(H,20,22). The minimum atomic E-state index is -0.185. The predicted octanol–water partition coefficient (Wildman–Crippen LogP) is 3.55. The van der Waals surface area contributed by atoms with E-state index in [0.717, 1.165) is 32.5 Å². The van der Waals surface area contributed by atoms with Crippen LogP contribution in [0.2, 0.25) is 5.02 Å². The Kier molecular flexibility index (Phi) is 4.21. The van der Waals surface area contributed by atoms with Crippen LogP contribution in [-0.4, -0.2) is 36.5 Å². The fraction of sp³-hybridized carbons (Fsp3) is 0.389. The number of benzene rings is 1. The molecule has 3 aliphatic rings. The van der Waals surface area contributed by atoms with Gasteiger partial charge in [0.2, 0.25) is 0 Å². The number of ether oxygens (including phenoxy) is 1. The van der Waals surface area contributed by atoms with Gasteiger partial charge in [-0.05, 0) is 56.1 Å². The van der Waals surface area contributed by atoms with Crippen LogP contribution < -0.4 is 10.1 Å². The molecule has 24 heavy (non-hydrogen) atoms. The van der Waals surface area contributed by atoms with E-state index in [9.17, 15) is 4.79 Å². The zero-order chi connectivity index (χ0) is 16.5. The number of hydrogen-bond donors (Lipinski definition) is 1. The predicted molar refractivity (Wildman–Crippen MR) is 90.7 cm³/mol. The summed E-state index contributed by atoms with van der Waals surface area (Å²) in [6, 6.07) is 10.5. The maximum Gasteiger partial charge on any atom is 0.290 e. The minimum absolute atomic E-state index is 0.185. The lowest BCUT2D eigenvalue weighted by Gasteiger charge is -2.44. The number of carbonyl (C=O) groups excluding carboxylic acids is 1. The molecule has 1 amide bonds. The Labute approximate surface area is 145 Å². The van der Waals surface area contributed by atoms with Crippen LogP contribution in [0.1, 0.15) is 23.4 Å². The summed E-state index contributed by atoms with van der Waals surface area (Å²) in [5.74, 6) is 1.51. The van der Waals surface area contributed by atoms with Gasteiger partial charge in [0.1, 0.15) is 5.75 Å². The van der Waals surface area contributed by atoms with Crippen LogP contribution in [0.25, 0.3) is 0 Å². The molecular formula is C18H19ClN2O3. The first-order valence-electron chi connectivity index (χ1n) is 8.24. The molecule has 0 radical (unpaired) electrons. The van der Waals surface area contributed by atoms with Gasteiger partial charge < -0.3 is 19.4 Å². The SMILES string of the molecule is O=C(NC1CN2CCC1CC2)c1ccc(Oc2cccc(Cl)c2)o1. The second-order valence-electron chi connectivity index (χ2n) is 6.40. The number of nitrogens with zero attached hydrogens (tertiary/aromatic N) is 1. The number of furan rings is 1. The average Bonchev–Trinajstić information content (AvgIpc) is 3.05. The topological polar surface area (TPSA) is 54.7 Å². The van der Waals surface area contributed by atoms with Gasteiger partial charge in [-0.25, -0.2) is 0 Å². The Hall–Kier alpha value is -1.98. The van der Waals surface area contributed by atoms with E-state index in [-0.39, 0.29) is 23.7 Å². The smallest absolute Gasteiger partial charge is 0.290 e. The summed E-state index contributed by atoms with van der Waals surface area (Å²) in [5.41, 5.74) is 0. The molecule has 1 aromatic carbocycles. The molecule has 0 spiro atoms. The second kappa shape index (κ2) is 6.49. The number of hydrogen-bond acceptors (Lipinski definition) is 4. The molecule has 126 valence electrons. The monoisotopic (exact) mass is 346 g/mol. The van der Waals surface area contributed by atoms with Crippen LogP contribution in [0.4, 0.5) is 0 Å². The van der Waals surface area contributed by atoms with Crippen molar-refractivity contribution < 1.29 is 13.9 Å². The maximum atomic E-state index is 12.4. The summed E-state index contributed by atoms with van der Waals surface area (Å²) < 4.78 is 11.1. The third-order valence-electron chi connectivity index (χ3n) is 4.79. The lowest BCUT2D eigenvalue weighted by molar-refractivity contribution is 0.0603. The van der Waals surface area contributed by atoms with E-state index < -0.39 is 0 Å². The van der Waals surface area contributed by atoms with Crippen molar-refractivity contribution >= 4 is 17.5 Å². The van der Waals surface area contributed by atoms with E-state index in [1.54, 1.807) is 36.4 Å². The third-order valence-corrected chi connectivity index (χ3v) is 5.03. The first-order chi connectivity index (χ1) is 11.7. The van der Waals surface area contributed by atoms with Gasteiger partial charge in [0, 0.05) is 23.7 Å². The number of carbonyl (C=O) groups is 1. The summed E-state index contributed by atoms with van der Waals surface area (Å²) in [6.07, 6.45) is 2.32. The zero-order valence-corrected chi connectivity index (χ0v) is 14.0. The van der Waals surface area contributed by atoms with Crippen LogP contribution in [0.15, 0.2) is 40.8 Å². The molecule has 2 bridgehead atoms. The van der Waals surface area contributed by atoms with Crippen LogP contribution in [0, 0.1) is 5.92 Å². The lowest BCUT2D eigenvalue weighted by atomic mass is 9.84. The molecule has 0 aliphatic carbocycles. The molecule has 1 unspecified atom stereocenters. The summed E-state index contributed by atoms with van der Waals surface area (Å²) in [5, 5.41) is 3.68. The van der Waals surface area contributed by atoms with Crippen LogP contribution in [0.3, 0.4) is 0 Å². The van der Waals surface area contributed by atoms with Crippen molar-refractivity contribution in [2.45, 2.75) is 18.9 Å². The van der Waals surface area contributed by atoms with Crippen molar-refractivity contribution in [1.82, 2.24) is 10.2 Å². The zero-order valence-electron chi connectivity index (χ0n) is 13.2. The molecule has 5 rings (SSSR count). The van der Waals surface area contributed by atoms with E-state index in [0.29, 0.717) is 16.7 Å². The van der Waals surface area contributed by atoms with Crippen molar-refractivity contribution in [3.63, 3.8) is 0 Å². The number of halogens is 1. The number of fused-ring (bicyclic) bond motifs is 3. The summed E-state index contributed by atoms with van der Waals surface area (Å²) >= 11 is 5.93. The second-order valence-corrected chi connectivity index (χ2v) is 6.83. The highest BCUT2D eigenvalue weighted by Crippen LogP contribution is 2.29. The molecule has 1 N–H and O–H groups in total. The molecule has 3 fully saturated rings. The fourth-order valence-electron chi connectivity index (χ4n) is 3.51. The first kappa shape index (κ1) is 15.5. The molecule has 6 heteroatoms. The van der Waals surface area contributed by atoms with E-state index in [1.165, 1.54) is 0 Å². The highest BCUT2D eigenvalue weighted by Gasteiger charge is 2.35. The van der Waals surface area contributed by atoms with Gasteiger partial charge in [0.05, 0.1) is 0 Å². The van der Waals surface area contributed by atoms with Gasteiger partial charge in [-0.15, -0.1) is 0 Å². The van der Waals surface area contributed by atoms with Crippen LogP contribution in [-0.2, 0) is 0 Å². The molecular weight excluding hydrogens is 328 g/mol. The number of piperidine rings is 3. The number of rotatable bonds is 4. The number of amides is 1. The average molecular weight is 347 g/mol. The van der Waals surface area contributed by atoms with E-state index in [4.69, 9.17) is 20.8 Å². The van der Waals surface area contributed by atoms with Gasteiger partial charge in [-0.3, -0.25) is 4.79 Å². The van der Waals surface area contributed by atoms with Crippen LogP contribution >= 0.6 is 11.6 Å². The Morgan fingerprint density at radius 2 is 2.08 bits per heavy atom. The molecule has 0 saturated carbocycles. The summed E-state index contributed by atoms with van der Waals surface area (Å²) in [6.45, 7) is 3.23. The van der Waals surface area contributed by atoms with E-state index in [2.05, 4.69) is 10.2 Å². The summed E-state index contributed by atoms with van der Waals surface area (Å²) in [7, 11) is 0.